The van der Waals surface area contributed by atoms with Gasteiger partial charge in [0.15, 0.2) is 0 Å². The Labute approximate surface area is 155 Å². The van der Waals surface area contributed by atoms with Crippen LogP contribution in [0, 0.1) is 6.92 Å². The van der Waals surface area contributed by atoms with Gasteiger partial charge in [0.05, 0.1) is 27.4 Å². The number of anilines is 1. The third kappa shape index (κ3) is 3.63. The van der Waals surface area contributed by atoms with Crippen molar-refractivity contribution in [3.8, 4) is 0 Å². The molecule has 1 N–H and O–H groups in total. The van der Waals surface area contributed by atoms with Gasteiger partial charge in [-0.05, 0) is 58.9 Å². The molecule has 2 aromatic rings. The monoisotopic (exact) mass is 374 g/mol. The summed E-state index contributed by atoms with van der Waals surface area (Å²) in [6.45, 7) is 9.73. The van der Waals surface area contributed by atoms with E-state index in [-0.39, 0.29) is 4.90 Å². The SMILES string of the molecule is Cc1ccc(S(=O)(=O)Nc2ccnc(B3OC(C)(C)C(C)(C)O3)c2)cc1. The van der Waals surface area contributed by atoms with Crippen molar-refractivity contribution in [3.05, 3.63) is 48.2 Å². The maximum absolute atomic E-state index is 12.6. The molecule has 1 fully saturated rings. The van der Waals surface area contributed by atoms with Gasteiger partial charge >= 0.3 is 7.12 Å². The zero-order valence-corrected chi connectivity index (χ0v) is 16.4. The number of nitrogens with zero attached hydrogens (tertiary/aromatic N) is 1. The summed E-state index contributed by atoms with van der Waals surface area (Å²) in [6.07, 6.45) is 1.54. The fraction of sp³-hybridized carbons (Fsp3) is 0.389. The van der Waals surface area contributed by atoms with Crippen molar-refractivity contribution in [1.82, 2.24) is 4.98 Å². The van der Waals surface area contributed by atoms with Crippen molar-refractivity contribution in [3.63, 3.8) is 0 Å². The van der Waals surface area contributed by atoms with Crippen LogP contribution in [0.15, 0.2) is 47.5 Å². The predicted molar refractivity (Wildman–Crippen MR) is 102 cm³/mol. The smallest absolute Gasteiger partial charge is 0.398 e. The van der Waals surface area contributed by atoms with Crippen molar-refractivity contribution in [2.75, 3.05) is 4.72 Å². The van der Waals surface area contributed by atoms with E-state index >= 15 is 0 Å². The molecule has 1 aromatic heterocycles. The Hall–Kier alpha value is -1.90. The van der Waals surface area contributed by atoms with Crippen molar-refractivity contribution in [2.45, 2.75) is 50.7 Å². The van der Waals surface area contributed by atoms with Crippen LogP contribution in [0.25, 0.3) is 0 Å². The highest BCUT2D eigenvalue weighted by Crippen LogP contribution is 2.36. The van der Waals surface area contributed by atoms with Gasteiger partial charge in [-0.1, -0.05) is 17.7 Å². The average molecular weight is 374 g/mol. The second kappa shape index (κ2) is 6.37. The molecule has 0 unspecified atom stereocenters. The number of benzene rings is 1. The largest absolute Gasteiger partial charge is 0.514 e. The summed E-state index contributed by atoms with van der Waals surface area (Å²) in [6, 6.07) is 9.91. The molecule has 0 aliphatic carbocycles. The summed E-state index contributed by atoms with van der Waals surface area (Å²) in [5.74, 6) is 0. The molecule has 0 spiro atoms. The molecular formula is C18H23BN2O4S. The molecule has 0 saturated carbocycles. The maximum Gasteiger partial charge on any atom is 0.514 e. The molecule has 1 saturated heterocycles. The molecule has 0 radical (unpaired) electrons. The Bertz CT molecular complexity index is 895. The average Bonchev–Trinajstić information content (AvgIpc) is 2.76. The first-order valence-electron chi connectivity index (χ1n) is 8.41. The van der Waals surface area contributed by atoms with Crippen LogP contribution in [-0.2, 0) is 19.3 Å². The van der Waals surface area contributed by atoms with E-state index in [1.165, 1.54) is 6.20 Å². The van der Waals surface area contributed by atoms with Gasteiger partial charge < -0.3 is 9.31 Å². The molecule has 1 aliphatic rings. The topological polar surface area (TPSA) is 77.5 Å². The van der Waals surface area contributed by atoms with Crippen molar-refractivity contribution >= 4 is 28.4 Å². The first kappa shape index (κ1) is 18.9. The van der Waals surface area contributed by atoms with E-state index in [4.69, 9.17) is 9.31 Å². The summed E-state index contributed by atoms with van der Waals surface area (Å²) >= 11 is 0. The highest BCUT2D eigenvalue weighted by Gasteiger charge is 2.52. The molecule has 6 nitrogen and oxygen atoms in total. The van der Waals surface area contributed by atoms with Crippen molar-refractivity contribution in [1.29, 1.82) is 0 Å². The molecule has 1 aromatic carbocycles. The van der Waals surface area contributed by atoms with E-state index in [0.29, 0.717) is 11.3 Å². The summed E-state index contributed by atoms with van der Waals surface area (Å²) in [7, 11) is -4.32. The second-order valence-corrected chi connectivity index (χ2v) is 9.16. The van der Waals surface area contributed by atoms with Gasteiger partial charge in [0.25, 0.3) is 10.0 Å². The van der Waals surface area contributed by atoms with Gasteiger partial charge in [-0.15, -0.1) is 0 Å². The van der Waals surface area contributed by atoms with Gasteiger partial charge in [0.2, 0.25) is 0 Å². The Morgan fingerprint density at radius 3 is 2.15 bits per heavy atom. The van der Waals surface area contributed by atoms with E-state index in [1.54, 1.807) is 36.4 Å². The van der Waals surface area contributed by atoms with E-state index < -0.39 is 28.3 Å². The quantitative estimate of drug-likeness (QED) is 0.832. The van der Waals surface area contributed by atoms with Gasteiger partial charge in [0, 0.05) is 6.20 Å². The molecule has 1 aliphatic heterocycles. The second-order valence-electron chi connectivity index (χ2n) is 7.48. The number of sulfonamides is 1. The van der Waals surface area contributed by atoms with Crippen LogP contribution in [0.5, 0.6) is 0 Å². The van der Waals surface area contributed by atoms with E-state index in [9.17, 15) is 8.42 Å². The molecule has 0 amide bonds. The Balaban J connectivity index is 1.83. The lowest BCUT2D eigenvalue weighted by Crippen LogP contribution is -2.41. The van der Waals surface area contributed by atoms with Crippen LogP contribution < -0.4 is 10.3 Å². The van der Waals surface area contributed by atoms with Crippen molar-refractivity contribution in [2.24, 2.45) is 0 Å². The first-order chi connectivity index (χ1) is 12.0. The van der Waals surface area contributed by atoms with Gasteiger partial charge in [0.1, 0.15) is 0 Å². The Morgan fingerprint density at radius 2 is 1.58 bits per heavy atom. The summed E-state index contributed by atoms with van der Waals surface area (Å²) in [4.78, 5) is 4.49. The molecule has 2 heterocycles. The summed E-state index contributed by atoms with van der Waals surface area (Å²) in [5, 5.41) is 0. The number of aryl methyl sites for hydroxylation is 1. The van der Waals surface area contributed by atoms with Crippen LogP contribution in [0.3, 0.4) is 0 Å². The Kier molecular flexibility index (Phi) is 4.63. The fourth-order valence-corrected chi connectivity index (χ4v) is 3.59. The number of nitrogens with one attached hydrogen (secondary N) is 1. The zero-order chi connectivity index (χ0) is 19.2. The molecule has 0 atom stereocenters. The standard InChI is InChI=1S/C18H23BN2O4S/c1-13-6-8-15(9-7-13)26(22,23)21-14-10-11-20-16(12-14)19-24-17(2,3)18(4,5)25-19/h6-12H,1-5H3,(H,20,21). The summed E-state index contributed by atoms with van der Waals surface area (Å²) in [5.41, 5.74) is 0.946. The molecule has 0 bridgehead atoms. The molecular weight excluding hydrogens is 351 g/mol. The third-order valence-electron chi connectivity index (χ3n) is 4.86. The lowest BCUT2D eigenvalue weighted by Gasteiger charge is -2.32. The number of hydrogen-bond acceptors (Lipinski definition) is 5. The number of pyridine rings is 1. The maximum atomic E-state index is 12.6. The van der Waals surface area contributed by atoms with E-state index in [0.717, 1.165) is 5.56 Å². The van der Waals surface area contributed by atoms with E-state index in [1.807, 2.05) is 34.6 Å². The Morgan fingerprint density at radius 1 is 1.00 bits per heavy atom. The van der Waals surface area contributed by atoms with Crippen LogP contribution in [0.2, 0.25) is 0 Å². The lowest BCUT2D eigenvalue weighted by atomic mass is 9.84. The highest BCUT2D eigenvalue weighted by atomic mass is 32.2. The predicted octanol–water partition coefficient (Wildman–Crippen LogP) is 2.49. The van der Waals surface area contributed by atoms with Crippen LogP contribution in [-0.4, -0.2) is 31.7 Å². The zero-order valence-electron chi connectivity index (χ0n) is 15.6. The minimum Gasteiger partial charge on any atom is -0.398 e. The number of rotatable bonds is 4. The van der Waals surface area contributed by atoms with Crippen molar-refractivity contribution < 1.29 is 17.7 Å². The fourth-order valence-electron chi connectivity index (χ4n) is 2.54. The minimum absolute atomic E-state index is 0.206. The molecule has 8 heteroatoms. The summed E-state index contributed by atoms with van der Waals surface area (Å²) < 4.78 is 39.6. The first-order valence-corrected chi connectivity index (χ1v) is 9.90. The minimum atomic E-state index is -3.68. The molecule has 3 rings (SSSR count). The normalized spacial score (nSPS) is 18.7. The van der Waals surface area contributed by atoms with Gasteiger partial charge in [-0.25, -0.2) is 8.42 Å². The van der Waals surface area contributed by atoms with Gasteiger partial charge in [-0.2, -0.15) is 0 Å². The van der Waals surface area contributed by atoms with Crippen LogP contribution in [0.4, 0.5) is 5.69 Å². The molecule has 138 valence electrons. The van der Waals surface area contributed by atoms with Gasteiger partial charge in [-0.3, -0.25) is 9.71 Å². The van der Waals surface area contributed by atoms with E-state index in [2.05, 4.69) is 9.71 Å². The van der Waals surface area contributed by atoms with Crippen LogP contribution >= 0.6 is 0 Å². The van der Waals surface area contributed by atoms with Crippen LogP contribution in [0.1, 0.15) is 33.3 Å². The highest BCUT2D eigenvalue weighted by molar-refractivity contribution is 7.92. The number of hydrogen-bond donors (Lipinski definition) is 1. The number of aromatic nitrogens is 1. The lowest BCUT2D eigenvalue weighted by molar-refractivity contribution is 0.00578. The molecule has 26 heavy (non-hydrogen) atoms. The third-order valence-corrected chi connectivity index (χ3v) is 6.26.